The van der Waals surface area contributed by atoms with Crippen LogP contribution in [0.25, 0.3) is 0 Å². The molecule has 0 bridgehead atoms. The fourth-order valence-electron chi connectivity index (χ4n) is 2.46. The van der Waals surface area contributed by atoms with Crippen LogP contribution in [0.2, 0.25) is 0 Å². The van der Waals surface area contributed by atoms with Crippen LogP contribution in [0.5, 0.6) is 0 Å². The van der Waals surface area contributed by atoms with Crippen LogP contribution >= 0.6 is 0 Å². The quantitative estimate of drug-likeness (QED) is 0.732. The van der Waals surface area contributed by atoms with Gasteiger partial charge in [0.2, 0.25) is 0 Å². The molecule has 0 aliphatic carbocycles. The summed E-state index contributed by atoms with van der Waals surface area (Å²) >= 11 is 0. The number of aromatic nitrogens is 1. The third kappa shape index (κ3) is 5.66. The lowest BCUT2D eigenvalue weighted by atomic mass is 10.0. The van der Waals surface area contributed by atoms with E-state index >= 15 is 0 Å². The molecule has 128 valence electrons. The molecule has 3 N–H and O–H groups in total. The molecular formula is C19H25N3O2. The van der Waals surface area contributed by atoms with Crippen molar-refractivity contribution < 1.29 is 9.90 Å². The number of hydrogen-bond donors (Lipinski definition) is 3. The van der Waals surface area contributed by atoms with Crippen molar-refractivity contribution in [3.8, 4) is 0 Å². The van der Waals surface area contributed by atoms with Gasteiger partial charge in [-0.05, 0) is 44.4 Å². The zero-order valence-electron chi connectivity index (χ0n) is 14.2. The van der Waals surface area contributed by atoms with E-state index in [-0.39, 0.29) is 24.7 Å². The average Bonchev–Trinajstić information content (AvgIpc) is 2.57. The Morgan fingerprint density at radius 2 is 1.92 bits per heavy atom. The molecule has 5 nitrogen and oxygen atoms in total. The summed E-state index contributed by atoms with van der Waals surface area (Å²) < 4.78 is 0. The molecule has 0 radical (unpaired) electrons. The van der Waals surface area contributed by atoms with Gasteiger partial charge in [0.15, 0.2) is 0 Å². The number of rotatable bonds is 7. The minimum absolute atomic E-state index is 0.0501. The Morgan fingerprint density at radius 1 is 1.17 bits per heavy atom. The summed E-state index contributed by atoms with van der Waals surface area (Å²) in [6, 6.07) is 13.4. The highest BCUT2D eigenvalue weighted by Crippen LogP contribution is 2.17. The first-order valence-electron chi connectivity index (χ1n) is 8.23. The first kappa shape index (κ1) is 17.9. The van der Waals surface area contributed by atoms with Crippen LogP contribution in [0.1, 0.15) is 36.2 Å². The number of aliphatic hydroxyl groups excluding tert-OH is 1. The van der Waals surface area contributed by atoms with E-state index in [1.807, 2.05) is 32.0 Å². The summed E-state index contributed by atoms with van der Waals surface area (Å²) in [5.74, 6) is 0. The van der Waals surface area contributed by atoms with Gasteiger partial charge in [0.25, 0.3) is 0 Å². The molecule has 2 amide bonds. The smallest absolute Gasteiger partial charge is 0.315 e. The molecule has 1 aromatic carbocycles. The number of nitrogens with one attached hydrogen (secondary N) is 2. The monoisotopic (exact) mass is 327 g/mol. The Kier molecular flexibility index (Phi) is 6.75. The van der Waals surface area contributed by atoms with Crippen molar-refractivity contribution in [3.05, 3.63) is 65.5 Å². The van der Waals surface area contributed by atoms with Gasteiger partial charge in [0, 0.05) is 18.8 Å². The lowest BCUT2D eigenvalue weighted by Gasteiger charge is -2.21. The highest BCUT2D eigenvalue weighted by atomic mass is 16.3. The highest BCUT2D eigenvalue weighted by Gasteiger charge is 2.17. The van der Waals surface area contributed by atoms with Crippen LogP contribution in [0.4, 0.5) is 4.79 Å². The number of pyridine rings is 1. The number of carbonyl (C=O) groups is 1. The number of amides is 2. The van der Waals surface area contributed by atoms with Crippen LogP contribution < -0.4 is 10.6 Å². The number of nitrogens with zero attached hydrogens (tertiary/aromatic N) is 1. The van der Waals surface area contributed by atoms with E-state index in [4.69, 9.17) is 5.11 Å². The number of benzene rings is 1. The predicted octanol–water partition coefficient (Wildman–Crippen LogP) is 2.74. The molecule has 0 saturated carbocycles. The SMILES string of the molecule is Cc1ccc(CC(NC(=O)N[C@H](C)CCO)c2ccccn2)cc1. The van der Waals surface area contributed by atoms with Crippen LogP contribution in [-0.2, 0) is 6.42 Å². The normalized spacial score (nSPS) is 13.1. The second kappa shape index (κ2) is 9.03. The number of aliphatic hydroxyl groups is 1. The van der Waals surface area contributed by atoms with Gasteiger partial charge < -0.3 is 15.7 Å². The number of urea groups is 1. The zero-order valence-corrected chi connectivity index (χ0v) is 14.2. The maximum Gasteiger partial charge on any atom is 0.315 e. The van der Waals surface area contributed by atoms with Gasteiger partial charge in [-0.15, -0.1) is 0 Å². The van der Waals surface area contributed by atoms with Crippen LogP contribution in [0.3, 0.4) is 0 Å². The number of aryl methyl sites for hydroxylation is 1. The first-order valence-corrected chi connectivity index (χ1v) is 8.23. The summed E-state index contributed by atoms with van der Waals surface area (Å²) in [6.07, 6.45) is 2.92. The maximum absolute atomic E-state index is 12.2. The Hall–Kier alpha value is -2.40. The molecule has 0 saturated heterocycles. The van der Waals surface area contributed by atoms with Crippen molar-refractivity contribution in [2.24, 2.45) is 0 Å². The van der Waals surface area contributed by atoms with Crippen molar-refractivity contribution in [1.82, 2.24) is 15.6 Å². The molecule has 1 heterocycles. The van der Waals surface area contributed by atoms with Crippen molar-refractivity contribution in [1.29, 1.82) is 0 Å². The highest BCUT2D eigenvalue weighted by molar-refractivity contribution is 5.74. The molecule has 24 heavy (non-hydrogen) atoms. The first-order chi connectivity index (χ1) is 11.6. The average molecular weight is 327 g/mol. The molecule has 1 unspecified atom stereocenters. The van der Waals surface area contributed by atoms with Crippen molar-refractivity contribution in [3.63, 3.8) is 0 Å². The molecular weight excluding hydrogens is 302 g/mol. The topological polar surface area (TPSA) is 74.2 Å². The van der Waals surface area contributed by atoms with Gasteiger partial charge in [0.1, 0.15) is 0 Å². The van der Waals surface area contributed by atoms with Gasteiger partial charge in [0.05, 0.1) is 11.7 Å². The van der Waals surface area contributed by atoms with Gasteiger partial charge >= 0.3 is 6.03 Å². The summed E-state index contributed by atoms with van der Waals surface area (Å²) in [6.45, 7) is 3.97. The predicted molar refractivity (Wildman–Crippen MR) is 94.7 cm³/mol. The van der Waals surface area contributed by atoms with Crippen LogP contribution in [0.15, 0.2) is 48.7 Å². The Labute approximate surface area is 143 Å². The molecule has 0 spiro atoms. The Bertz CT molecular complexity index is 629. The molecule has 1 aromatic heterocycles. The summed E-state index contributed by atoms with van der Waals surface area (Å²) in [5.41, 5.74) is 3.17. The molecule has 2 aromatic rings. The fourth-order valence-corrected chi connectivity index (χ4v) is 2.46. The van der Waals surface area contributed by atoms with Gasteiger partial charge in [-0.25, -0.2) is 4.79 Å². The largest absolute Gasteiger partial charge is 0.396 e. The van der Waals surface area contributed by atoms with Crippen LogP contribution in [0, 0.1) is 6.92 Å². The van der Waals surface area contributed by atoms with E-state index in [0.717, 1.165) is 11.3 Å². The van der Waals surface area contributed by atoms with E-state index in [1.165, 1.54) is 5.56 Å². The molecule has 0 aliphatic heterocycles. The van der Waals surface area contributed by atoms with Gasteiger partial charge in [-0.2, -0.15) is 0 Å². The second-order valence-corrected chi connectivity index (χ2v) is 6.03. The minimum Gasteiger partial charge on any atom is -0.396 e. The second-order valence-electron chi connectivity index (χ2n) is 6.03. The standard InChI is InChI=1S/C19H25N3O2/c1-14-6-8-16(9-7-14)13-18(17-5-3-4-11-20-17)22-19(24)21-15(2)10-12-23/h3-9,11,15,18,23H,10,12-13H2,1-2H3,(H2,21,22,24)/t15-,18?/m1/s1. The number of hydrogen-bond acceptors (Lipinski definition) is 3. The summed E-state index contributed by atoms with van der Waals surface area (Å²) in [7, 11) is 0. The molecule has 2 atom stereocenters. The van der Waals surface area contributed by atoms with Crippen molar-refractivity contribution in [2.75, 3.05) is 6.61 Å². The summed E-state index contributed by atoms with van der Waals surface area (Å²) in [5, 5.41) is 14.8. The Balaban J connectivity index is 2.08. The Morgan fingerprint density at radius 3 is 2.54 bits per heavy atom. The lowest BCUT2D eigenvalue weighted by molar-refractivity contribution is 0.227. The van der Waals surface area contributed by atoms with Crippen LogP contribution in [-0.4, -0.2) is 28.8 Å². The van der Waals surface area contributed by atoms with Crippen molar-refractivity contribution in [2.45, 2.75) is 38.8 Å². The molecule has 0 aliphatic rings. The third-order valence-electron chi connectivity index (χ3n) is 3.85. The molecule has 0 fully saturated rings. The van der Waals surface area contributed by atoms with E-state index in [2.05, 4.69) is 39.9 Å². The third-order valence-corrected chi connectivity index (χ3v) is 3.85. The van der Waals surface area contributed by atoms with E-state index in [1.54, 1.807) is 6.20 Å². The minimum atomic E-state index is -0.251. The number of carbonyl (C=O) groups excluding carboxylic acids is 1. The van der Waals surface area contributed by atoms with E-state index < -0.39 is 0 Å². The van der Waals surface area contributed by atoms with Crippen molar-refractivity contribution >= 4 is 6.03 Å². The summed E-state index contributed by atoms with van der Waals surface area (Å²) in [4.78, 5) is 16.6. The maximum atomic E-state index is 12.2. The molecule has 2 rings (SSSR count). The van der Waals surface area contributed by atoms with E-state index in [9.17, 15) is 4.79 Å². The van der Waals surface area contributed by atoms with E-state index in [0.29, 0.717) is 12.8 Å². The lowest BCUT2D eigenvalue weighted by Crippen LogP contribution is -2.43. The fraction of sp³-hybridized carbons (Fsp3) is 0.368. The van der Waals surface area contributed by atoms with Gasteiger partial charge in [-0.3, -0.25) is 4.98 Å². The zero-order chi connectivity index (χ0) is 17.4. The molecule has 5 heteroatoms. The van der Waals surface area contributed by atoms with Gasteiger partial charge in [-0.1, -0.05) is 35.9 Å².